The zero-order valence-electron chi connectivity index (χ0n) is 10.2. The van der Waals surface area contributed by atoms with Gasteiger partial charge in [-0.2, -0.15) is 5.10 Å². The van der Waals surface area contributed by atoms with E-state index < -0.39 is 0 Å². The zero-order chi connectivity index (χ0) is 12.4. The average Bonchev–Trinajstić information content (AvgIpc) is 2.57. The highest BCUT2D eigenvalue weighted by molar-refractivity contribution is 9.10. The van der Waals surface area contributed by atoms with Gasteiger partial charge < -0.3 is 0 Å². The largest absolute Gasteiger partial charge is 0.226 e. The maximum atomic E-state index is 4.53. The molecule has 0 atom stereocenters. The van der Waals surface area contributed by atoms with E-state index in [1.54, 1.807) is 0 Å². The third-order valence-electron chi connectivity index (χ3n) is 2.43. The van der Waals surface area contributed by atoms with Gasteiger partial charge in [0.2, 0.25) is 0 Å². The Hall–Kier alpha value is -1.23. The molecule has 0 bridgehead atoms. The molecule has 0 aliphatic rings. The summed E-state index contributed by atoms with van der Waals surface area (Å²) in [4.78, 5) is 8.88. The van der Waals surface area contributed by atoms with Crippen LogP contribution < -0.4 is 0 Å². The van der Waals surface area contributed by atoms with Gasteiger partial charge in [-0.05, 0) is 42.3 Å². The Kier molecular flexibility index (Phi) is 3.57. The lowest BCUT2D eigenvalue weighted by Crippen LogP contribution is -2.06. The first-order valence-electron chi connectivity index (χ1n) is 5.67. The third-order valence-corrected chi connectivity index (χ3v) is 2.83. The highest BCUT2D eigenvalue weighted by Gasteiger charge is 2.08. The van der Waals surface area contributed by atoms with Crippen molar-refractivity contribution in [3.8, 4) is 5.82 Å². The van der Waals surface area contributed by atoms with Crippen LogP contribution in [0.3, 0.4) is 0 Å². The van der Waals surface area contributed by atoms with E-state index in [9.17, 15) is 0 Å². The van der Waals surface area contributed by atoms with E-state index in [0.29, 0.717) is 0 Å². The summed E-state index contributed by atoms with van der Waals surface area (Å²) >= 11 is 3.42. The Bertz CT molecular complexity index is 533. The number of halogens is 1. The van der Waals surface area contributed by atoms with E-state index in [2.05, 4.69) is 37.9 Å². The number of nitrogens with zero attached hydrogens (tertiary/aromatic N) is 4. The molecular weight excluding hydrogens is 280 g/mol. The Morgan fingerprint density at radius 3 is 2.59 bits per heavy atom. The fraction of sp³-hybridized carbons (Fsp3) is 0.417. The van der Waals surface area contributed by atoms with Crippen LogP contribution >= 0.6 is 15.9 Å². The summed E-state index contributed by atoms with van der Waals surface area (Å²) in [7, 11) is 0. The van der Waals surface area contributed by atoms with E-state index in [0.717, 1.165) is 40.5 Å². The molecule has 0 saturated heterocycles. The summed E-state index contributed by atoms with van der Waals surface area (Å²) in [5.74, 6) is 1.67. The molecule has 0 amide bonds. The van der Waals surface area contributed by atoms with Crippen LogP contribution in [0.15, 0.2) is 16.7 Å². The molecule has 0 spiro atoms. The van der Waals surface area contributed by atoms with Gasteiger partial charge >= 0.3 is 0 Å². The molecule has 90 valence electrons. The van der Waals surface area contributed by atoms with Crippen molar-refractivity contribution in [2.45, 2.75) is 33.6 Å². The molecule has 0 aromatic carbocycles. The van der Waals surface area contributed by atoms with E-state index in [1.807, 2.05) is 30.7 Å². The van der Waals surface area contributed by atoms with Gasteiger partial charge in [-0.1, -0.05) is 6.92 Å². The minimum absolute atomic E-state index is 0.804. The topological polar surface area (TPSA) is 43.6 Å². The lowest BCUT2D eigenvalue weighted by molar-refractivity contribution is 0.761. The van der Waals surface area contributed by atoms with Gasteiger partial charge in [0.1, 0.15) is 10.4 Å². The van der Waals surface area contributed by atoms with Crippen LogP contribution in [0.25, 0.3) is 5.82 Å². The molecule has 0 fully saturated rings. The molecule has 0 unspecified atom stereocenters. The number of aromatic nitrogens is 4. The first-order valence-corrected chi connectivity index (χ1v) is 6.46. The fourth-order valence-corrected chi connectivity index (χ4v) is 2.17. The highest BCUT2D eigenvalue weighted by atomic mass is 79.9. The number of rotatable bonds is 3. The van der Waals surface area contributed by atoms with Crippen molar-refractivity contribution < 1.29 is 0 Å². The van der Waals surface area contributed by atoms with Gasteiger partial charge in [0.05, 0.1) is 5.69 Å². The van der Waals surface area contributed by atoms with Gasteiger partial charge in [-0.3, -0.25) is 0 Å². The third kappa shape index (κ3) is 2.72. The van der Waals surface area contributed by atoms with Crippen molar-refractivity contribution in [1.29, 1.82) is 0 Å². The minimum Gasteiger partial charge on any atom is -0.226 e. The second-order valence-electron chi connectivity index (χ2n) is 4.05. The average molecular weight is 295 g/mol. The van der Waals surface area contributed by atoms with Gasteiger partial charge in [0.25, 0.3) is 0 Å². The number of aryl methyl sites for hydroxylation is 3. The first-order chi connectivity index (χ1) is 8.10. The summed E-state index contributed by atoms with van der Waals surface area (Å²) in [6, 6.07) is 3.92. The van der Waals surface area contributed by atoms with Crippen LogP contribution in [-0.4, -0.2) is 19.7 Å². The summed E-state index contributed by atoms with van der Waals surface area (Å²) < 4.78 is 2.65. The van der Waals surface area contributed by atoms with E-state index in [-0.39, 0.29) is 0 Å². The number of hydrogen-bond acceptors (Lipinski definition) is 3. The number of hydrogen-bond donors (Lipinski definition) is 0. The standard InChI is InChI=1S/C12H15BrN4/c1-4-5-11-14-10(13)7-12(15-11)17-9(3)6-8(2)16-17/h6-7H,4-5H2,1-3H3. The van der Waals surface area contributed by atoms with E-state index in [4.69, 9.17) is 0 Å². The van der Waals surface area contributed by atoms with Crippen LogP contribution in [-0.2, 0) is 6.42 Å². The Labute approximate surface area is 109 Å². The van der Waals surface area contributed by atoms with E-state index in [1.165, 1.54) is 0 Å². The van der Waals surface area contributed by atoms with Crippen LogP contribution in [0.2, 0.25) is 0 Å². The van der Waals surface area contributed by atoms with Crippen LogP contribution in [0.4, 0.5) is 0 Å². The normalized spacial score (nSPS) is 10.8. The highest BCUT2D eigenvalue weighted by Crippen LogP contribution is 2.15. The lowest BCUT2D eigenvalue weighted by Gasteiger charge is -2.06. The summed E-state index contributed by atoms with van der Waals surface area (Å²) in [6.07, 6.45) is 1.92. The van der Waals surface area contributed by atoms with Crippen molar-refractivity contribution in [1.82, 2.24) is 19.7 Å². The summed E-state index contributed by atoms with van der Waals surface area (Å²) in [5.41, 5.74) is 2.07. The van der Waals surface area contributed by atoms with Gasteiger partial charge in [0, 0.05) is 18.2 Å². The Balaban J connectivity index is 2.48. The molecular formula is C12H15BrN4. The van der Waals surface area contributed by atoms with Crippen molar-refractivity contribution in [3.05, 3.63) is 33.9 Å². The molecule has 2 heterocycles. The maximum absolute atomic E-state index is 4.53. The minimum atomic E-state index is 0.804. The molecule has 2 aromatic heterocycles. The zero-order valence-corrected chi connectivity index (χ0v) is 11.8. The van der Waals surface area contributed by atoms with Crippen molar-refractivity contribution in [3.63, 3.8) is 0 Å². The Morgan fingerprint density at radius 1 is 1.24 bits per heavy atom. The molecule has 0 radical (unpaired) electrons. The van der Waals surface area contributed by atoms with Crippen LogP contribution in [0.5, 0.6) is 0 Å². The maximum Gasteiger partial charge on any atom is 0.158 e. The molecule has 0 N–H and O–H groups in total. The molecule has 5 heteroatoms. The summed E-state index contributed by atoms with van der Waals surface area (Å²) in [5, 5.41) is 4.43. The lowest BCUT2D eigenvalue weighted by atomic mass is 10.3. The van der Waals surface area contributed by atoms with E-state index >= 15 is 0 Å². The molecule has 0 aliphatic carbocycles. The second-order valence-corrected chi connectivity index (χ2v) is 4.87. The monoisotopic (exact) mass is 294 g/mol. The smallest absolute Gasteiger partial charge is 0.158 e. The molecule has 4 nitrogen and oxygen atoms in total. The molecule has 17 heavy (non-hydrogen) atoms. The fourth-order valence-electron chi connectivity index (χ4n) is 1.76. The Morgan fingerprint density at radius 2 is 2.00 bits per heavy atom. The van der Waals surface area contributed by atoms with Crippen molar-refractivity contribution in [2.75, 3.05) is 0 Å². The SMILES string of the molecule is CCCc1nc(Br)cc(-n2nc(C)cc2C)n1. The molecule has 0 aliphatic heterocycles. The molecule has 2 rings (SSSR count). The predicted molar refractivity (Wildman–Crippen MR) is 70.3 cm³/mol. The quantitative estimate of drug-likeness (QED) is 0.818. The van der Waals surface area contributed by atoms with Crippen LogP contribution in [0, 0.1) is 13.8 Å². The summed E-state index contributed by atoms with van der Waals surface area (Å²) in [6.45, 7) is 6.12. The van der Waals surface area contributed by atoms with Crippen LogP contribution in [0.1, 0.15) is 30.6 Å². The predicted octanol–water partition coefficient (Wildman–Crippen LogP) is 2.99. The van der Waals surface area contributed by atoms with Gasteiger partial charge in [-0.25, -0.2) is 14.6 Å². The van der Waals surface area contributed by atoms with Gasteiger partial charge in [-0.15, -0.1) is 0 Å². The van der Waals surface area contributed by atoms with Crippen molar-refractivity contribution >= 4 is 15.9 Å². The molecule has 0 saturated carbocycles. The van der Waals surface area contributed by atoms with Gasteiger partial charge in [0.15, 0.2) is 5.82 Å². The second kappa shape index (κ2) is 4.96. The molecule has 2 aromatic rings. The van der Waals surface area contributed by atoms with Crippen molar-refractivity contribution in [2.24, 2.45) is 0 Å². The first kappa shape index (κ1) is 12.2.